The monoisotopic (exact) mass is 454 g/mol. The molecule has 33 heavy (non-hydrogen) atoms. The van der Waals surface area contributed by atoms with Crippen LogP contribution in [-0.2, 0) is 9.59 Å². The maximum absolute atomic E-state index is 12.5. The van der Waals surface area contributed by atoms with Crippen molar-refractivity contribution in [3.8, 4) is 5.75 Å². The third kappa shape index (κ3) is 8.94. The van der Waals surface area contributed by atoms with Crippen molar-refractivity contribution >= 4 is 29.1 Å². The van der Waals surface area contributed by atoms with E-state index in [0.29, 0.717) is 35.8 Å². The third-order valence-electron chi connectivity index (χ3n) is 4.77. The maximum Gasteiger partial charge on any atom is 0.255 e. The largest absolute Gasteiger partial charge is 0.495 e. The molecular formula is C25H34N4O4. The van der Waals surface area contributed by atoms with Crippen LogP contribution in [0, 0.1) is 0 Å². The van der Waals surface area contributed by atoms with E-state index < -0.39 is 0 Å². The Morgan fingerprint density at radius 2 is 1.61 bits per heavy atom. The molecule has 0 atom stereocenters. The zero-order chi connectivity index (χ0) is 24.4. The molecule has 8 nitrogen and oxygen atoms in total. The molecular weight excluding hydrogens is 420 g/mol. The summed E-state index contributed by atoms with van der Waals surface area (Å²) in [5, 5.41) is 8.57. The highest BCUT2D eigenvalue weighted by molar-refractivity contribution is 6.05. The van der Waals surface area contributed by atoms with Crippen molar-refractivity contribution in [3.05, 3.63) is 54.1 Å². The van der Waals surface area contributed by atoms with Gasteiger partial charge < -0.3 is 20.7 Å². The van der Waals surface area contributed by atoms with Crippen LogP contribution in [0.25, 0.3) is 0 Å². The van der Waals surface area contributed by atoms with Crippen molar-refractivity contribution in [1.82, 2.24) is 10.2 Å². The molecule has 8 heteroatoms. The predicted octanol–water partition coefficient (Wildman–Crippen LogP) is 3.51. The van der Waals surface area contributed by atoms with Crippen LogP contribution in [0.5, 0.6) is 5.75 Å². The SMILES string of the molecule is CCN(CCC(=O)Nc1ccc(C(=O)Nc2ccccc2OC)cc1)CC(=O)NC(C)(C)C. The third-order valence-corrected chi connectivity index (χ3v) is 4.77. The van der Waals surface area contributed by atoms with Gasteiger partial charge in [0.1, 0.15) is 5.75 Å². The normalized spacial score (nSPS) is 11.1. The number of nitrogens with zero attached hydrogens (tertiary/aromatic N) is 1. The molecule has 3 N–H and O–H groups in total. The number of hydrogen-bond donors (Lipinski definition) is 3. The van der Waals surface area contributed by atoms with Crippen LogP contribution < -0.4 is 20.7 Å². The van der Waals surface area contributed by atoms with Crippen LogP contribution in [0.15, 0.2) is 48.5 Å². The van der Waals surface area contributed by atoms with E-state index in [1.54, 1.807) is 43.5 Å². The minimum Gasteiger partial charge on any atom is -0.495 e. The molecule has 0 radical (unpaired) electrons. The smallest absolute Gasteiger partial charge is 0.255 e. The zero-order valence-electron chi connectivity index (χ0n) is 20.0. The lowest BCUT2D eigenvalue weighted by Gasteiger charge is -2.24. The minimum absolute atomic E-state index is 0.0632. The molecule has 0 heterocycles. The lowest BCUT2D eigenvalue weighted by Crippen LogP contribution is -2.46. The number of amides is 3. The Morgan fingerprint density at radius 1 is 0.939 bits per heavy atom. The van der Waals surface area contributed by atoms with Gasteiger partial charge >= 0.3 is 0 Å². The summed E-state index contributed by atoms with van der Waals surface area (Å²) in [6.45, 7) is 9.14. The Balaban J connectivity index is 1.85. The van der Waals surface area contributed by atoms with Gasteiger partial charge in [-0.05, 0) is 63.7 Å². The Bertz CT molecular complexity index is 952. The number of carbonyl (C=O) groups is 3. The fraction of sp³-hybridized carbons (Fsp3) is 0.400. The molecule has 2 aromatic carbocycles. The molecule has 0 aromatic heterocycles. The number of nitrogens with one attached hydrogen (secondary N) is 3. The van der Waals surface area contributed by atoms with Crippen LogP contribution in [0.2, 0.25) is 0 Å². The fourth-order valence-electron chi connectivity index (χ4n) is 3.14. The van der Waals surface area contributed by atoms with E-state index in [1.165, 1.54) is 0 Å². The van der Waals surface area contributed by atoms with Crippen molar-refractivity contribution in [2.75, 3.05) is 37.4 Å². The molecule has 0 aliphatic heterocycles. The van der Waals surface area contributed by atoms with Gasteiger partial charge in [0.25, 0.3) is 5.91 Å². The summed E-state index contributed by atoms with van der Waals surface area (Å²) in [6.07, 6.45) is 0.257. The maximum atomic E-state index is 12.5. The summed E-state index contributed by atoms with van der Waals surface area (Å²) < 4.78 is 5.25. The molecule has 3 amide bonds. The fourth-order valence-corrected chi connectivity index (χ4v) is 3.14. The van der Waals surface area contributed by atoms with E-state index in [9.17, 15) is 14.4 Å². The summed E-state index contributed by atoms with van der Waals surface area (Å²) in [6, 6.07) is 13.8. The minimum atomic E-state index is -0.288. The first kappa shape index (κ1) is 25.9. The molecule has 0 saturated heterocycles. The lowest BCUT2D eigenvalue weighted by molar-refractivity contribution is -0.124. The topological polar surface area (TPSA) is 99.8 Å². The van der Waals surface area contributed by atoms with E-state index in [-0.39, 0.29) is 36.2 Å². The quantitative estimate of drug-likeness (QED) is 0.510. The molecule has 0 aliphatic carbocycles. The molecule has 178 valence electrons. The van der Waals surface area contributed by atoms with Gasteiger partial charge in [0.15, 0.2) is 0 Å². The van der Waals surface area contributed by atoms with Crippen molar-refractivity contribution in [1.29, 1.82) is 0 Å². The van der Waals surface area contributed by atoms with E-state index in [0.717, 1.165) is 0 Å². The van der Waals surface area contributed by atoms with E-state index in [1.807, 2.05) is 44.7 Å². The van der Waals surface area contributed by atoms with Crippen LogP contribution in [-0.4, -0.2) is 54.9 Å². The first-order valence-corrected chi connectivity index (χ1v) is 11.0. The Kier molecular flexibility index (Phi) is 9.42. The van der Waals surface area contributed by atoms with E-state index >= 15 is 0 Å². The number of anilines is 2. The molecule has 2 aromatic rings. The average molecular weight is 455 g/mol. The molecule has 0 fully saturated rings. The van der Waals surface area contributed by atoms with E-state index in [4.69, 9.17) is 4.74 Å². The Morgan fingerprint density at radius 3 is 2.21 bits per heavy atom. The van der Waals surface area contributed by atoms with Gasteiger partial charge in [-0.2, -0.15) is 0 Å². The van der Waals surface area contributed by atoms with Crippen LogP contribution in [0.4, 0.5) is 11.4 Å². The number of rotatable bonds is 10. The standard InChI is InChI=1S/C25H34N4O4/c1-6-29(17-23(31)28-25(2,3)4)16-15-22(30)26-19-13-11-18(12-14-19)24(32)27-20-9-7-8-10-21(20)33-5/h7-14H,6,15-17H2,1-5H3,(H,26,30)(H,27,32)(H,28,31). The lowest BCUT2D eigenvalue weighted by atomic mass is 10.1. The van der Waals surface area contributed by atoms with Gasteiger partial charge in [-0.1, -0.05) is 19.1 Å². The number of hydrogen-bond acceptors (Lipinski definition) is 5. The second-order valence-electron chi connectivity index (χ2n) is 8.70. The summed E-state index contributed by atoms with van der Waals surface area (Å²) >= 11 is 0. The van der Waals surface area contributed by atoms with Crippen molar-refractivity contribution < 1.29 is 19.1 Å². The highest BCUT2D eigenvalue weighted by Gasteiger charge is 2.17. The van der Waals surface area contributed by atoms with Crippen molar-refractivity contribution in [2.45, 2.75) is 39.7 Å². The van der Waals surface area contributed by atoms with Gasteiger partial charge in [0.2, 0.25) is 11.8 Å². The van der Waals surface area contributed by atoms with Gasteiger partial charge in [0, 0.05) is 29.8 Å². The van der Waals surface area contributed by atoms with Gasteiger partial charge in [-0.3, -0.25) is 19.3 Å². The molecule has 0 bridgehead atoms. The predicted molar refractivity (Wildman–Crippen MR) is 131 cm³/mol. The van der Waals surface area contributed by atoms with E-state index in [2.05, 4.69) is 16.0 Å². The number of para-hydroxylation sites is 2. The van der Waals surface area contributed by atoms with Gasteiger partial charge in [-0.25, -0.2) is 0 Å². The van der Waals surface area contributed by atoms with Crippen LogP contribution >= 0.6 is 0 Å². The van der Waals surface area contributed by atoms with Crippen LogP contribution in [0.1, 0.15) is 44.5 Å². The summed E-state index contributed by atoms with van der Waals surface area (Å²) in [5.41, 5.74) is 1.35. The van der Waals surface area contributed by atoms with Crippen molar-refractivity contribution in [3.63, 3.8) is 0 Å². The molecule has 0 aliphatic rings. The van der Waals surface area contributed by atoms with Gasteiger partial charge in [0.05, 0.1) is 19.3 Å². The van der Waals surface area contributed by atoms with Crippen LogP contribution in [0.3, 0.4) is 0 Å². The highest BCUT2D eigenvalue weighted by Crippen LogP contribution is 2.23. The number of benzene rings is 2. The molecule has 0 spiro atoms. The summed E-state index contributed by atoms with van der Waals surface area (Å²) in [7, 11) is 1.54. The highest BCUT2D eigenvalue weighted by atomic mass is 16.5. The zero-order valence-corrected chi connectivity index (χ0v) is 20.0. The first-order valence-electron chi connectivity index (χ1n) is 11.0. The number of carbonyl (C=O) groups excluding carboxylic acids is 3. The number of ether oxygens (including phenoxy) is 1. The first-order chi connectivity index (χ1) is 15.6. The summed E-state index contributed by atoms with van der Waals surface area (Å²) in [4.78, 5) is 38.9. The molecule has 0 saturated carbocycles. The molecule has 0 unspecified atom stereocenters. The van der Waals surface area contributed by atoms with Crippen molar-refractivity contribution in [2.24, 2.45) is 0 Å². The number of likely N-dealkylation sites (N-methyl/N-ethyl adjacent to an activating group) is 1. The Hall–Kier alpha value is -3.39. The average Bonchev–Trinajstić information content (AvgIpc) is 2.76. The van der Waals surface area contributed by atoms with Gasteiger partial charge in [-0.15, -0.1) is 0 Å². The molecule has 2 rings (SSSR count). The Labute approximate surface area is 195 Å². The second-order valence-corrected chi connectivity index (χ2v) is 8.70. The second kappa shape index (κ2) is 12.0. The summed E-state index contributed by atoms with van der Waals surface area (Å²) in [5.74, 6) is 0.0823. The number of methoxy groups -OCH3 is 1.